The van der Waals surface area contributed by atoms with Crippen molar-refractivity contribution in [3.63, 3.8) is 0 Å². The minimum Gasteiger partial charge on any atom is -0.593 e. The van der Waals surface area contributed by atoms with E-state index in [4.69, 9.17) is 0 Å². The second-order valence-electron chi connectivity index (χ2n) is 6.67. The quantitative estimate of drug-likeness (QED) is 0.766. The van der Waals surface area contributed by atoms with Crippen molar-refractivity contribution >= 4 is 11.4 Å². The molecule has 0 spiro atoms. The Bertz CT molecular complexity index is 677. The number of hydrogen-bond donors (Lipinski definition) is 1. The molecule has 1 N–H and O–H groups in total. The smallest absolute Gasteiger partial charge is 0.173 e. The fourth-order valence-corrected chi connectivity index (χ4v) is 3.50. The minimum atomic E-state index is -1.37. The first-order chi connectivity index (χ1) is 11.4. The molecule has 126 valence electrons. The maximum absolute atomic E-state index is 12.4. The molecule has 0 fully saturated rings. The standard InChI is InChI=1S/C20H24N2OS/c1-16-9-11-19(12-10-16)24(23)22-18(15-21)13-14-20(2,3)17-7-5-4-6-8-17/h4-12,18,22H,13-14H2,1-3H3/t18-,24-/m0/s1. The summed E-state index contributed by atoms with van der Waals surface area (Å²) >= 11 is -1.37. The molecule has 0 saturated carbocycles. The van der Waals surface area contributed by atoms with E-state index in [-0.39, 0.29) is 5.41 Å². The molecule has 0 aromatic heterocycles. The van der Waals surface area contributed by atoms with Gasteiger partial charge in [-0.25, -0.2) is 0 Å². The fourth-order valence-electron chi connectivity index (χ4n) is 2.55. The summed E-state index contributed by atoms with van der Waals surface area (Å²) < 4.78 is 15.3. The average Bonchev–Trinajstić information content (AvgIpc) is 2.59. The lowest BCUT2D eigenvalue weighted by Gasteiger charge is -2.26. The van der Waals surface area contributed by atoms with Crippen LogP contribution in [0.3, 0.4) is 0 Å². The van der Waals surface area contributed by atoms with Crippen molar-refractivity contribution in [1.29, 1.82) is 5.26 Å². The number of nitrogens with one attached hydrogen (secondary N) is 1. The van der Waals surface area contributed by atoms with Crippen molar-refractivity contribution in [3.05, 3.63) is 65.7 Å². The summed E-state index contributed by atoms with van der Waals surface area (Å²) in [7, 11) is 0. The molecule has 0 radical (unpaired) electrons. The number of rotatable bonds is 7. The van der Waals surface area contributed by atoms with Gasteiger partial charge in [-0.1, -0.05) is 61.9 Å². The monoisotopic (exact) mass is 340 g/mol. The van der Waals surface area contributed by atoms with Crippen molar-refractivity contribution in [1.82, 2.24) is 4.72 Å². The Balaban J connectivity index is 1.95. The van der Waals surface area contributed by atoms with Gasteiger partial charge < -0.3 is 4.55 Å². The van der Waals surface area contributed by atoms with Gasteiger partial charge in [0.05, 0.1) is 17.4 Å². The van der Waals surface area contributed by atoms with Gasteiger partial charge in [0.2, 0.25) is 0 Å². The highest BCUT2D eigenvalue weighted by Crippen LogP contribution is 2.28. The number of hydrogen-bond acceptors (Lipinski definition) is 3. The second-order valence-corrected chi connectivity index (χ2v) is 7.91. The third-order valence-electron chi connectivity index (χ3n) is 4.25. The first-order valence-electron chi connectivity index (χ1n) is 8.12. The molecule has 0 aliphatic carbocycles. The van der Waals surface area contributed by atoms with E-state index in [0.717, 1.165) is 12.0 Å². The van der Waals surface area contributed by atoms with Crippen LogP contribution in [0.4, 0.5) is 0 Å². The lowest BCUT2D eigenvalue weighted by molar-refractivity contribution is 0.440. The van der Waals surface area contributed by atoms with Crippen LogP contribution in [0.25, 0.3) is 0 Å². The van der Waals surface area contributed by atoms with Crippen LogP contribution in [-0.4, -0.2) is 10.6 Å². The summed E-state index contributed by atoms with van der Waals surface area (Å²) in [5.41, 5.74) is 2.35. The summed E-state index contributed by atoms with van der Waals surface area (Å²) in [6, 6.07) is 19.6. The molecule has 0 bridgehead atoms. The summed E-state index contributed by atoms with van der Waals surface area (Å²) in [5, 5.41) is 9.39. The lowest BCUT2D eigenvalue weighted by atomic mass is 9.80. The van der Waals surface area contributed by atoms with Crippen LogP contribution in [0.5, 0.6) is 0 Å². The number of benzene rings is 2. The Morgan fingerprint density at radius 1 is 1.12 bits per heavy atom. The molecule has 0 heterocycles. The van der Waals surface area contributed by atoms with Gasteiger partial charge in [-0.15, -0.1) is 4.72 Å². The Hall–Kier alpha value is -1.80. The molecule has 3 nitrogen and oxygen atoms in total. The van der Waals surface area contributed by atoms with E-state index in [1.54, 1.807) is 0 Å². The first kappa shape index (κ1) is 18.5. The highest BCUT2D eigenvalue weighted by atomic mass is 32.2. The predicted molar refractivity (Wildman–Crippen MR) is 98.8 cm³/mol. The number of nitrogens with zero attached hydrogens (tertiary/aromatic N) is 1. The third-order valence-corrected chi connectivity index (χ3v) is 5.45. The topological polar surface area (TPSA) is 58.9 Å². The van der Waals surface area contributed by atoms with Crippen LogP contribution in [0.1, 0.15) is 37.8 Å². The molecule has 0 amide bonds. The van der Waals surface area contributed by atoms with Gasteiger partial charge in [0, 0.05) is 0 Å². The molecule has 2 atom stereocenters. The van der Waals surface area contributed by atoms with Gasteiger partial charge in [0.1, 0.15) is 6.04 Å². The van der Waals surface area contributed by atoms with Crippen molar-refractivity contribution in [2.24, 2.45) is 0 Å². The maximum atomic E-state index is 12.4. The Labute approximate surface area is 148 Å². The van der Waals surface area contributed by atoms with Crippen LogP contribution in [-0.2, 0) is 16.8 Å². The molecule has 0 aliphatic heterocycles. The van der Waals surface area contributed by atoms with E-state index in [1.165, 1.54) is 5.56 Å². The summed E-state index contributed by atoms with van der Waals surface area (Å²) in [5.74, 6) is 0. The van der Waals surface area contributed by atoms with E-state index in [9.17, 15) is 9.81 Å². The van der Waals surface area contributed by atoms with Gasteiger partial charge in [0.25, 0.3) is 0 Å². The second kappa shape index (κ2) is 8.34. The average molecular weight is 340 g/mol. The van der Waals surface area contributed by atoms with E-state index >= 15 is 0 Å². The van der Waals surface area contributed by atoms with Crippen molar-refractivity contribution in [2.75, 3.05) is 0 Å². The Morgan fingerprint density at radius 3 is 2.33 bits per heavy atom. The highest BCUT2D eigenvalue weighted by Gasteiger charge is 2.24. The van der Waals surface area contributed by atoms with Crippen LogP contribution in [0, 0.1) is 18.3 Å². The third kappa shape index (κ3) is 5.10. The van der Waals surface area contributed by atoms with E-state index in [2.05, 4.69) is 36.8 Å². The van der Waals surface area contributed by atoms with Gasteiger partial charge in [0.15, 0.2) is 4.90 Å². The highest BCUT2D eigenvalue weighted by molar-refractivity contribution is 7.89. The van der Waals surface area contributed by atoms with Crippen LogP contribution in [0.2, 0.25) is 0 Å². The SMILES string of the molecule is Cc1ccc([S@+]([O-])N[C@H](C#N)CCC(C)(C)c2ccccc2)cc1. The molecular formula is C20H24N2OS. The molecule has 2 aromatic rings. The molecule has 2 aromatic carbocycles. The first-order valence-corrected chi connectivity index (χ1v) is 9.27. The normalized spacial score (nSPS) is 14.0. The minimum absolute atomic E-state index is 0.0244. The number of nitriles is 1. The van der Waals surface area contributed by atoms with Crippen LogP contribution >= 0.6 is 0 Å². The van der Waals surface area contributed by atoms with E-state index in [0.29, 0.717) is 11.3 Å². The molecular weight excluding hydrogens is 316 g/mol. The molecule has 2 rings (SSSR count). The van der Waals surface area contributed by atoms with E-state index < -0.39 is 17.4 Å². The van der Waals surface area contributed by atoms with Gasteiger partial charge >= 0.3 is 0 Å². The van der Waals surface area contributed by atoms with Crippen molar-refractivity contribution in [2.45, 2.75) is 50.0 Å². The zero-order chi connectivity index (χ0) is 17.6. The summed E-state index contributed by atoms with van der Waals surface area (Å²) in [6.07, 6.45) is 1.49. The molecule has 24 heavy (non-hydrogen) atoms. The van der Waals surface area contributed by atoms with Gasteiger partial charge in [-0.05, 0) is 42.9 Å². The maximum Gasteiger partial charge on any atom is 0.173 e. The zero-order valence-electron chi connectivity index (χ0n) is 14.5. The van der Waals surface area contributed by atoms with Crippen LogP contribution in [0.15, 0.2) is 59.5 Å². The predicted octanol–water partition coefficient (Wildman–Crippen LogP) is 4.26. The molecule has 0 aliphatic rings. The lowest BCUT2D eigenvalue weighted by Crippen LogP contribution is -2.35. The zero-order valence-corrected chi connectivity index (χ0v) is 15.3. The molecule has 0 saturated heterocycles. The van der Waals surface area contributed by atoms with Gasteiger partial charge in [-0.3, -0.25) is 0 Å². The molecule has 4 heteroatoms. The number of aryl methyl sites for hydroxylation is 1. The van der Waals surface area contributed by atoms with Crippen LogP contribution < -0.4 is 4.72 Å². The van der Waals surface area contributed by atoms with Crippen molar-refractivity contribution in [3.8, 4) is 6.07 Å². The van der Waals surface area contributed by atoms with Crippen molar-refractivity contribution < 1.29 is 4.55 Å². The molecule has 0 unspecified atom stereocenters. The van der Waals surface area contributed by atoms with E-state index in [1.807, 2.05) is 49.4 Å². The fraction of sp³-hybridized carbons (Fsp3) is 0.350. The Morgan fingerprint density at radius 2 is 1.75 bits per heavy atom. The largest absolute Gasteiger partial charge is 0.593 e. The summed E-state index contributed by atoms with van der Waals surface area (Å²) in [6.45, 7) is 6.34. The van der Waals surface area contributed by atoms with Gasteiger partial charge in [-0.2, -0.15) is 5.26 Å². The summed E-state index contributed by atoms with van der Waals surface area (Å²) in [4.78, 5) is 0.697. The Kier molecular flexibility index (Phi) is 6.44.